The molecule has 0 radical (unpaired) electrons. The van der Waals surface area contributed by atoms with Crippen LogP contribution in [0.3, 0.4) is 0 Å². The van der Waals surface area contributed by atoms with Crippen molar-refractivity contribution in [2.45, 2.75) is 26.8 Å². The number of hydrogen-bond donors (Lipinski definition) is 2. The van der Waals surface area contributed by atoms with Crippen molar-refractivity contribution in [1.29, 1.82) is 0 Å². The average Bonchev–Trinajstić information content (AvgIpc) is 2.54. The van der Waals surface area contributed by atoms with E-state index in [2.05, 4.69) is 10.6 Å². The summed E-state index contributed by atoms with van der Waals surface area (Å²) >= 11 is 0. The van der Waals surface area contributed by atoms with Gasteiger partial charge in [-0.3, -0.25) is 4.79 Å². The number of anilines is 1. The van der Waals surface area contributed by atoms with E-state index in [1.165, 1.54) is 5.56 Å². The van der Waals surface area contributed by atoms with E-state index in [0.29, 0.717) is 19.5 Å². The summed E-state index contributed by atoms with van der Waals surface area (Å²) in [5.74, 6) is 0.820. The van der Waals surface area contributed by atoms with Gasteiger partial charge in [0.05, 0.1) is 12.8 Å². The van der Waals surface area contributed by atoms with E-state index in [-0.39, 0.29) is 5.91 Å². The first kappa shape index (κ1) is 16.9. The van der Waals surface area contributed by atoms with Gasteiger partial charge in [-0.15, -0.1) is 0 Å². The molecule has 0 spiro atoms. The highest BCUT2D eigenvalue weighted by molar-refractivity contribution is 5.76. The molecule has 122 valence electrons. The number of carbonyl (C=O) groups is 1. The summed E-state index contributed by atoms with van der Waals surface area (Å²) in [5, 5.41) is 6.19. The molecular weight excluding hydrogens is 288 g/mol. The number of hydrogen-bond acceptors (Lipinski definition) is 3. The van der Waals surface area contributed by atoms with Crippen molar-refractivity contribution < 1.29 is 9.53 Å². The van der Waals surface area contributed by atoms with Gasteiger partial charge in [0.15, 0.2) is 0 Å². The summed E-state index contributed by atoms with van der Waals surface area (Å²) in [5.41, 5.74) is 4.39. The average molecular weight is 312 g/mol. The fourth-order valence-electron chi connectivity index (χ4n) is 2.27. The largest absolute Gasteiger partial charge is 0.495 e. The molecule has 0 saturated carbocycles. The highest BCUT2D eigenvalue weighted by Gasteiger charge is 2.05. The Labute approximate surface area is 137 Å². The zero-order chi connectivity index (χ0) is 16.7. The van der Waals surface area contributed by atoms with E-state index >= 15 is 0 Å². The molecule has 0 aliphatic carbocycles. The third-order valence-corrected chi connectivity index (χ3v) is 3.63. The van der Waals surface area contributed by atoms with E-state index in [1.807, 2.05) is 56.3 Å². The van der Waals surface area contributed by atoms with Gasteiger partial charge in [-0.2, -0.15) is 0 Å². The Balaban J connectivity index is 1.76. The van der Waals surface area contributed by atoms with Crippen LogP contribution in [0, 0.1) is 13.8 Å². The Bertz CT molecular complexity index is 651. The topological polar surface area (TPSA) is 50.4 Å². The van der Waals surface area contributed by atoms with E-state index in [0.717, 1.165) is 22.6 Å². The highest BCUT2D eigenvalue weighted by atomic mass is 16.5. The predicted octanol–water partition coefficient (Wildman–Crippen LogP) is 3.43. The standard InChI is InChI=1S/C19H24N2O2/c1-14-4-7-16(8-5-14)13-21-19(22)10-11-20-17-12-15(2)6-9-18(17)23-3/h4-9,12,20H,10-11,13H2,1-3H3,(H,21,22). The normalized spacial score (nSPS) is 10.2. The minimum absolute atomic E-state index is 0.0321. The van der Waals surface area contributed by atoms with Gasteiger partial charge < -0.3 is 15.4 Å². The molecule has 0 fully saturated rings. The molecule has 0 saturated heterocycles. The van der Waals surface area contributed by atoms with E-state index in [1.54, 1.807) is 7.11 Å². The Kier molecular flexibility index (Phi) is 6.03. The number of methoxy groups -OCH3 is 1. The molecule has 2 aromatic rings. The minimum Gasteiger partial charge on any atom is -0.495 e. The molecule has 2 aromatic carbocycles. The zero-order valence-corrected chi connectivity index (χ0v) is 14.0. The second-order valence-electron chi connectivity index (χ2n) is 5.64. The first-order valence-corrected chi connectivity index (χ1v) is 7.79. The van der Waals surface area contributed by atoms with Crippen molar-refractivity contribution in [3.63, 3.8) is 0 Å². The van der Waals surface area contributed by atoms with Crippen molar-refractivity contribution >= 4 is 11.6 Å². The Morgan fingerprint density at radius 3 is 2.43 bits per heavy atom. The van der Waals surface area contributed by atoms with Gasteiger partial charge in [0.1, 0.15) is 5.75 Å². The smallest absolute Gasteiger partial charge is 0.222 e. The number of amides is 1. The molecule has 0 atom stereocenters. The van der Waals surface area contributed by atoms with Gasteiger partial charge in [0.2, 0.25) is 5.91 Å². The molecule has 4 heteroatoms. The lowest BCUT2D eigenvalue weighted by atomic mass is 10.1. The summed E-state index contributed by atoms with van der Waals surface area (Å²) in [6.45, 7) is 5.21. The zero-order valence-electron chi connectivity index (χ0n) is 14.0. The second kappa shape index (κ2) is 8.22. The lowest BCUT2D eigenvalue weighted by Gasteiger charge is -2.12. The predicted molar refractivity (Wildman–Crippen MR) is 93.9 cm³/mol. The van der Waals surface area contributed by atoms with Crippen LogP contribution in [0.25, 0.3) is 0 Å². The molecule has 0 unspecified atom stereocenters. The SMILES string of the molecule is COc1ccc(C)cc1NCCC(=O)NCc1ccc(C)cc1. The van der Waals surface area contributed by atoms with Crippen molar-refractivity contribution in [1.82, 2.24) is 5.32 Å². The lowest BCUT2D eigenvalue weighted by Crippen LogP contribution is -2.24. The third-order valence-electron chi connectivity index (χ3n) is 3.63. The molecule has 0 aliphatic heterocycles. The van der Waals surface area contributed by atoms with Crippen LogP contribution in [0.2, 0.25) is 0 Å². The number of aryl methyl sites for hydroxylation is 2. The van der Waals surface area contributed by atoms with Gasteiger partial charge >= 0.3 is 0 Å². The van der Waals surface area contributed by atoms with Crippen LogP contribution >= 0.6 is 0 Å². The summed E-state index contributed by atoms with van der Waals surface area (Å²) in [7, 11) is 1.64. The van der Waals surface area contributed by atoms with Crippen LogP contribution in [0.15, 0.2) is 42.5 Å². The fourth-order valence-corrected chi connectivity index (χ4v) is 2.27. The molecular formula is C19H24N2O2. The van der Waals surface area contributed by atoms with Crippen LogP contribution in [-0.4, -0.2) is 19.6 Å². The number of nitrogens with one attached hydrogen (secondary N) is 2. The molecule has 0 bridgehead atoms. The molecule has 23 heavy (non-hydrogen) atoms. The monoisotopic (exact) mass is 312 g/mol. The Morgan fingerprint density at radius 1 is 1.04 bits per heavy atom. The third kappa shape index (κ3) is 5.33. The first-order chi connectivity index (χ1) is 11.1. The van der Waals surface area contributed by atoms with Crippen molar-refractivity contribution in [2.75, 3.05) is 19.0 Å². The van der Waals surface area contributed by atoms with Crippen molar-refractivity contribution in [3.05, 3.63) is 59.2 Å². The van der Waals surface area contributed by atoms with Gasteiger partial charge in [0.25, 0.3) is 0 Å². The summed E-state index contributed by atoms with van der Waals surface area (Å²) < 4.78 is 5.31. The van der Waals surface area contributed by atoms with E-state index in [9.17, 15) is 4.79 Å². The van der Waals surface area contributed by atoms with Crippen molar-refractivity contribution in [3.8, 4) is 5.75 Å². The second-order valence-corrected chi connectivity index (χ2v) is 5.64. The van der Waals surface area contributed by atoms with Crippen LogP contribution < -0.4 is 15.4 Å². The molecule has 0 aromatic heterocycles. The molecule has 2 N–H and O–H groups in total. The quantitative estimate of drug-likeness (QED) is 0.823. The molecule has 4 nitrogen and oxygen atoms in total. The lowest BCUT2D eigenvalue weighted by molar-refractivity contribution is -0.121. The maximum Gasteiger partial charge on any atom is 0.222 e. The van der Waals surface area contributed by atoms with Crippen LogP contribution in [0.1, 0.15) is 23.1 Å². The van der Waals surface area contributed by atoms with Crippen LogP contribution in [0.5, 0.6) is 5.75 Å². The van der Waals surface area contributed by atoms with Crippen LogP contribution in [0.4, 0.5) is 5.69 Å². The summed E-state index contributed by atoms with van der Waals surface area (Å²) in [4.78, 5) is 11.9. The highest BCUT2D eigenvalue weighted by Crippen LogP contribution is 2.24. The number of benzene rings is 2. The maximum atomic E-state index is 11.9. The first-order valence-electron chi connectivity index (χ1n) is 7.79. The maximum absolute atomic E-state index is 11.9. The van der Waals surface area contributed by atoms with Crippen molar-refractivity contribution in [2.24, 2.45) is 0 Å². The van der Waals surface area contributed by atoms with Gasteiger partial charge in [-0.05, 0) is 37.1 Å². The van der Waals surface area contributed by atoms with Gasteiger partial charge in [-0.25, -0.2) is 0 Å². The number of ether oxygens (including phenoxy) is 1. The molecule has 0 heterocycles. The Morgan fingerprint density at radius 2 is 1.74 bits per heavy atom. The van der Waals surface area contributed by atoms with E-state index in [4.69, 9.17) is 4.74 Å². The molecule has 1 amide bonds. The Hall–Kier alpha value is -2.49. The van der Waals surface area contributed by atoms with Gasteiger partial charge in [0, 0.05) is 19.5 Å². The van der Waals surface area contributed by atoms with Crippen LogP contribution in [-0.2, 0) is 11.3 Å². The molecule has 2 rings (SSSR count). The summed E-state index contributed by atoms with van der Waals surface area (Å²) in [6.07, 6.45) is 0.420. The number of rotatable bonds is 7. The fraction of sp³-hybridized carbons (Fsp3) is 0.316. The summed E-state index contributed by atoms with van der Waals surface area (Å²) in [6, 6.07) is 14.1. The van der Waals surface area contributed by atoms with Gasteiger partial charge in [-0.1, -0.05) is 35.9 Å². The number of carbonyl (C=O) groups excluding carboxylic acids is 1. The molecule has 0 aliphatic rings. The minimum atomic E-state index is 0.0321. The van der Waals surface area contributed by atoms with E-state index < -0.39 is 0 Å².